The number of pyridine rings is 1. The Morgan fingerprint density at radius 2 is 1.77 bits per heavy atom. The lowest BCUT2D eigenvalue weighted by Gasteiger charge is -2.11. The van der Waals surface area contributed by atoms with Crippen LogP contribution in [0.3, 0.4) is 0 Å². The standard InChI is InChI=1S/C21H16F2N2O/c22-18-9-8-15(11-16-12-25-21-17(16)7-4-10-24-21)19(23)20(18)26-13-14-5-2-1-3-6-14/h1-10,12H,11,13H2,(H,24,25). The largest absolute Gasteiger partial charge is 0.483 e. The van der Waals surface area contributed by atoms with Crippen molar-refractivity contribution in [1.29, 1.82) is 0 Å². The maximum Gasteiger partial charge on any atom is 0.191 e. The van der Waals surface area contributed by atoms with E-state index < -0.39 is 11.6 Å². The van der Waals surface area contributed by atoms with Gasteiger partial charge in [-0.15, -0.1) is 0 Å². The molecule has 0 aliphatic rings. The summed E-state index contributed by atoms with van der Waals surface area (Å²) in [4.78, 5) is 7.29. The highest BCUT2D eigenvalue weighted by Gasteiger charge is 2.17. The van der Waals surface area contributed by atoms with Crippen molar-refractivity contribution in [2.24, 2.45) is 0 Å². The van der Waals surface area contributed by atoms with E-state index in [4.69, 9.17) is 4.74 Å². The summed E-state index contributed by atoms with van der Waals surface area (Å²) in [5.74, 6) is -1.72. The van der Waals surface area contributed by atoms with Gasteiger partial charge >= 0.3 is 0 Å². The molecule has 0 unspecified atom stereocenters. The van der Waals surface area contributed by atoms with E-state index in [1.165, 1.54) is 12.1 Å². The number of hydrogen-bond donors (Lipinski definition) is 1. The van der Waals surface area contributed by atoms with Gasteiger partial charge in [0.1, 0.15) is 12.3 Å². The SMILES string of the molecule is Fc1ccc(Cc2c[nH]c3ncccc23)c(F)c1OCc1ccccc1. The molecule has 0 amide bonds. The van der Waals surface area contributed by atoms with Crippen LogP contribution in [-0.2, 0) is 13.0 Å². The molecule has 5 heteroatoms. The summed E-state index contributed by atoms with van der Waals surface area (Å²) in [6, 6.07) is 15.7. The topological polar surface area (TPSA) is 37.9 Å². The smallest absolute Gasteiger partial charge is 0.191 e. The van der Waals surface area contributed by atoms with Gasteiger partial charge in [0.15, 0.2) is 17.4 Å². The van der Waals surface area contributed by atoms with Crippen LogP contribution in [0.1, 0.15) is 16.7 Å². The number of nitrogens with one attached hydrogen (secondary N) is 1. The van der Waals surface area contributed by atoms with Gasteiger partial charge in [0.05, 0.1) is 0 Å². The summed E-state index contributed by atoms with van der Waals surface area (Å²) in [7, 11) is 0. The van der Waals surface area contributed by atoms with Crippen LogP contribution in [0, 0.1) is 11.6 Å². The Balaban J connectivity index is 1.61. The number of H-pyrrole nitrogens is 1. The predicted octanol–water partition coefficient (Wildman–Crippen LogP) is 5.01. The molecule has 130 valence electrons. The molecule has 2 heterocycles. The second-order valence-electron chi connectivity index (χ2n) is 6.01. The predicted molar refractivity (Wildman–Crippen MR) is 96.0 cm³/mol. The summed E-state index contributed by atoms with van der Waals surface area (Å²) in [5.41, 5.74) is 2.86. The Morgan fingerprint density at radius 1 is 0.923 bits per heavy atom. The van der Waals surface area contributed by atoms with Gasteiger partial charge in [-0.1, -0.05) is 36.4 Å². The van der Waals surface area contributed by atoms with Gasteiger partial charge in [-0.05, 0) is 34.9 Å². The third-order valence-electron chi connectivity index (χ3n) is 4.27. The summed E-state index contributed by atoms with van der Waals surface area (Å²) in [6.45, 7) is 0.106. The van der Waals surface area contributed by atoms with E-state index >= 15 is 0 Å². The minimum absolute atomic E-state index is 0.106. The highest BCUT2D eigenvalue weighted by Crippen LogP contribution is 2.28. The molecule has 0 bridgehead atoms. The minimum Gasteiger partial charge on any atom is -0.483 e. The van der Waals surface area contributed by atoms with Crippen LogP contribution in [0.4, 0.5) is 8.78 Å². The van der Waals surface area contributed by atoms with Crippen molar-refractivity contribution in [2.45, 2.75) is 13.0 Å². The molecule has 0 fully saturated rings. The molecular formula is C21H16F2N2O. The third-order valence-corrected chi connectivity index (χ3v) is 4.27. The number of aromatic nitrogens is 2. The lowest BCUT2D eigenvalue weighted by Crippen LogP contribution is -2.03. The van der Waals surface area contributed by atoms with Crippen LogP contribution < -0.4 is 4.74 Å². The first kappa shape index (κ1) is 16.3. The number of halogens is 2. The summed E-state index contributed by atoms with van der Waals surface area (Å²) in [6.07, 6.45) is 3.81. The van der Waals surface area contributed by atoms with Gasteiger partial charge in [0, 0.05) is 24.2 Å². The molecule has 0 aliphatic carbocycles. The quantitative estimate of drug-likeness (QED) is 0.549. The Bertz CT molecular complexity index is 1040. The Hall–Kier alpha value is -3.21. The highest BCUT2D eigenvalue weighted by molar-refractivity contribution is 5.79. The number of ether oxygens (including phenoxy) is 1. The molecule has 0 aliphatic heterocycles. The van der Waals surface area contributed by atoms with Crippen LogP contribution in [0.25, 0.3) is 11.0 Å². The number of hydrogen-bond acceptors (Lipinski definition) is 2. The molecule has 4 aromatic rings. The Labute approximate surface area is 149 Å². The monoisotopic (exact) mass is 350 g/mol. The first-order chi connectivity index (χ1) is 12.7. The molecule has 2 aromatic carbocycles. The summed E-state index contributed by atoms with van der Waals surface area (Å²) >= 11 is 0. The van der Waals surface area contributed by atoms with Crippen molar-refractivity contribution < 1.29 is 13.5 Å². The van der Waals surface area contributed by atoms with Crippen molar-refractivity contribution in [3.8, 4) is 5.75 Å². The normalized spacial score (nSPS) is 11.0. The van der Waals surface area contributed by atoms with Crippen molar-refractivity contribution in [1.82, 2.24) is 9.97 Å². The highest BCUT2D eigenvalue weighted by atomic mass is 19.1. The van der Waals surface area contributed by atoms with Gasteiger partial charge in [0.2, 0.25) is 0 Å². The fourth-order valence-corrected chi connectivity index (χ4v) is 2.94. The number of benzene rings is 2. The summed E-state index contributed by atoms with van der Waals surface area (Å²) in [5, 5.41) is 0.919. The van der Waals surface area contributed by atoms with Crippen molar-refractivity contribution in [3.63, 3.8) is 0 Å². The van der Waals surface area contributed by atoms with Crippen LogP contribution >= 0.6 is 0 Å². The number of rotatable bonds is 5. The number of nitrogens with zero attached hydrogens (tertiary/aromatic N) is 1. The molecule has 0 radical (unpaired) electrons. The molecule has 0 saturated carbocycles. The number of aromatic amines is 1. The van der Waals surface area contributed by atoms with E-state index in [1.807, 2.05) is 42.5 Å². The lowest BCUT2D eigenvalue weighted by molar-refractivity contribution is 0.273. The second-order valence-corrected chi connectivity index (χ2v) is 6.01. The van der Waals surface area contributed by atoms with E-state index in [-0.39, 0.29) is 12.4 Å². The fourth-order valence-electron chi connectivity index (χ4n) is 2.94. The van der Waals surface area contributed by atoms with E-state index in [0.717, 1.165) is 22.2 Å². The van der Waals surface area contributed by atoms with Crippen LogP contribution in [0.15, 0.2) is 67.0 Å². The van der Waals surface area contributed by atoms with Gasteiger partial charge in [-0.2, -0.15) is 0 Å². The maximum absolute atomic E-state index is 14.8. The molecule has 26 heavy (non-hydrogen) atoms. The first-order valence-corrected chi connectivity index (χ1v) is 8.27. The van der Waals surface area contributed by atoms with Crippen molar-refractivity contribution in [3.05, 3.63) is 95.3 Å². The Morgan fingerprint density at radius 3 is 2.62 bits per heavy atom. The van der Waals surface area contributed by atoms with Gasteiger partial charge in [-0.3, -0.25) is 0 Å². The second kappa shape index (κ2) is 6.96. The molecule has 0 spiro atoms. The first-order valence-electron chi connectivity index (χ1n) is 8.27. The maximum atomic E-state index is 14.8. The van der Waals surface area contributed by atoms with Gasteiger partial charge in [-0.25, -0.2) is 13.8 Å². The molecule has 3 nitrogen and oxygen atoms in total. The zero-order valence-corrected chi connectivity index (χ0v) is 13.9. The fraction of sp³-hybridized carbons (Fsp3) is 0.0952. The number of fused-ring (bicyclic) bond motifs is 1. The average Bonchev–Trinajstić information content (AvgIpc) is 3.08. The van der Waals surface area contributed by atoms with Crippen LogP contribution in [-0.4, -0.2) is 9.97 Å². The van der Waals surface area contributed by atoms with Gasteiger partial charge in [0.25, 0.3) is 0 Å². The molecule has 0 atom stereocenters. The zero-order chi connectivity index (χ0) is 17.9. The van der Waals surface area contributed by atoms with Gasteiger partial charge < -0.3 is 9.72 Å². The van der Waals surface area contributed by atoms with Crippen molar-refractivity contribution >= 4 is 11.0 Å². The summed E-state index contributed by atoms with van der Waals surface area (Å²) < 4.78 is 34.4. The minimum atomic E-state index is -0.706. The van der Waals surface area contributed by atoms with Crippen molar-refractivity contribution in [2.75, 3.05) is 0 Å². The van der Waals surface area contributed by atoms with E-state index in [0.29, 0.717) is 12.0 Å². The van der Waals surface area contributed by atoms with E-state index in [2.05, 4.69) is 9.97 Å². The molecular weight excluding hydrogens is 334 g/mol. The third kappa shape index (κ3) is 3.16. The lowest BCUT2D eigenvalue weighted by atomic mass is 10.0. The molecule has 2 aromatic heterocycles. The Kier molecular flexibility index (Phi) is 4.35. The zero-order valence-electron chi connectivity index (χ0n) is 13.9. The van der Waals surface area contributed by atoms with Crippen LogP contribution in [0.5, 0.6) is 5.75 Å². The van der Waals surface area contributed by atoms with Crippen LogP contribution in [0.2, 0.25) is 0 Å². The van der Waals surface area contributed by atoms with E-state index in [1.54, 1.807) is 12.4 Å². The van der Waals surface area contributed by atoms with E-state index in [9.17, 15) is 8.78 Å². The molecule has 0 saturated heterocycles. The average molecular weight is 350 g/mol. The molecule has 1 N–H and O–H groups in total. The molecule has 4 rings (SSSR count).